The lowest BCUT2D eigenvalue weighted by molar-refractivity contribution is -0.119. The predicted molar refractivity (Wildman–Crippen MR) is 123 cm³/mol. The van der Waals surface area contributed by atoms with E-state index < -0.39 is 0 Å². The summed E-state index contributed by atoms with van der Waals surface area (Å²) in [5, 5.41) is 4.12. The Kier molecular flexibility index (Phi) is 5.56. The number of ether oxygens (including phenoxy) is 2. The fraction of sp³-hybridized carbons (Fsp3) is 0.240. The van der Waals surface area contributed by atoms with Gasteiger partial charge in [-0.3, -0.25) is 4.79 Å². The zero-order chi connectivity index (χ0) is 22.8. The van der Waals surface area contributed by atoms with Crippen molar-refractivity contribution in [3.8, 4) is 34.5 Å². The van der Waals surface area contributed by atoms with Crippen molar-refractivity contribution in [2.24, 2.45) is 0 Å². The van der Waals surface area contributed by atoms with Crippen molar-refractivity contribution in [3.05, 3.63) is 66.4 Å². The maximum Gasteiger partial charge on any atom is 0.274 e. The van der Waals surface area contributed by atoms with Gasteiger partial charge in [0.2, 0.25) is 11.7 Å². The predicted octanol–water partition coefficient (Wildman–Crippen LogP) is 4.20. The van der Waals surface area contributed by atoms with E-state index in [1.54, 1.807) is 26.4 Å². The van der Waals surface area contributed by atoms with E-state index in [2.05, 4.69) is 16.2 Å². The lowest BCUT2D eigenvalue weighted by atomic mass is 10.0. The van der Waals surface area contributed by atoms with Gasteiger partial charge in [0.05, 0.1) is 14.2 Å². The van der Waals surface area contributed by atoms with Crippen molar-refractivity contribution in [1.82, 2.24) is 14.7 Å². The van der Waals surface area contributed by atoms with Gasteiger partial charge in [0.1, 0.15) is 12.2 Å². The van der Waals surface area contributed by atoms with Crippen molar-refractivity contribution in [2.45, 2.75) is 19.4 Å². The van der Waals surface area contributed by atoms with E-state index in [1.165, 1.54) is 5.56 Å². The van der Waals surface area contributed by atoms with Gasteiger partial charge in [-0.2, -0.15) is 4.98 Å². The number of anilines is 1. The SMILES string of the molecule is COc1ccc(-c2noc(-c3cccn3CC(=O)N3CCCc4ccccc43)n2)cc1OC. The summed E-state index contributed by atoms with van der Waals surface area (Å²) in [6.45, 7) is 0.904. The van der Waals surface area contributed by atoms with Gasteiger partial charge in [-0.05, 0) is 54.8 Å². The molecule has 1 amide bonds. The molecule has 0 radical (unpaired) electrons. The lowest BCUT2D eigenvalue weighted by Gasteiger charge is -2.29. The first kappa shape index (κ1) is 20.8. The Morgan fingerprint density at radius 1 is 1.06 bits per heavy atom. The molecule has 33 heavy (non-hydrogen) atoms. The molecule has 5 rings (SSSR count). The number of para-hydroxylation sites is 1. The number of carbonyl (C=O) groups is 1. The van der Waals surface area contributed by atoms with Crippen molar-refractivity contribution in [2.75, 3.05) is 25.7 Å². The molecular formula is C25H24N4O4. The summed E-state index contributed by atoms with van der Waals surface area (Å²) in [4.78, 5) is 19.6. The Morgan fingerprint density at radius 3 is 2.76 bits per heavy atom. The molecule has 0 fully saturated rings. The molecule has 1 aliphatic rings. The van der Waals surface area contributed by atoms with Gasteiger partial charge < -0.3 is 23.5 Å². The van der Waals surface area contributed by atoms with E-state index in [4.69, 9.17) is 14.0 Å². The molecule has 1 aliphatic heterocycles. The number of benzene rings is 2. The van der Waals surface area contributed by atoms with Gasteiger partial charge in [-0.15, -0.1) is 0 Å². The molecule has 0 aliphatic carbocycles. The minimum absolute atomic E-state index is 0.0271. The van der Waals surface area contributed by atoms with Crippen LogP contribution in [0.15, 0.2) is 65.3 Å². The molecule has 168 valence electrons. The molecule has 0 bridgehead atoms. The molecule has 0 unspecified atom stereocenters. The van der Waals surface area contributed by atoms with Crippen LogP contribution >= 0.6 is 0 Å². The number of rotatable bonds is 6. The van der Waals surface area contributed by atoms with E-state index in [-0.39, 0.29) is 12.5 Å². The molecule has 0 spiro atoms. The number of amides is 1. The Balaban J connectivity index is 1.38. The zero-order valence-electron chi connectivity index (χ0n) is 18.5. The number of hydrogen-bond donors (Lipinski definition) is 0. The maximum absolute atomic E-state index is 13.2. The van der Waals surface area contributed by atoms with Gasteiger partial charge in [0, 0.05) is 24.0 Å². The van der Waals surface area contributed by atoms with Gasteiger partial charge in [0.15, 0.2) is 11.5 Å². The van der Waals surface area contributed by atoms with Gasteiger partial charge >= 0.3 is 0 Å². The number of carbonyl (C=O) groups excluding carboxylic acids is 1. The van der Waals surface area contributed by atoms with E-state index in [1.807, 2.05) is 52.1 Å². The van der Waals surface area contributed by atoms with Crippen LogP contribution in [0.3, 0.4) is 0 Å². The first-order valence-corrected chi connectivity index (χ1v) is 10.8. The Hall–Kier alpha value is -4.07. The molecule has 2 aromatic heterocycles. The van der Waals surface area contributed by atoms with E-state index in [0.717, 1.165) is 30.6 Å². The van der Waals surface area contributed by atoms with Crippen molar-refractivity contribution in [1.29, 1.82) is 0 Å². The van der Waals surface area contributed by atoms with E-state index in [9.17, 15) is 4.79 Å². The third kappa shape index (κ3) is 3.95. The molecule has 0 atom stereocenters. The van der Waals surface area contributed by atoms with E-state index >= 15 is 0 Å². The van der Waals surface area contributed by atoms with Crippen molar-refractivity contribution >= 4 is 11.6 Å². The summed E-state index contributed by atoms with van der Waals surface area (Å²) in [6.07, 6.45) is 3.80. The molecular weight excluding hydrogens is 420 g/mol. The van der Waals surface area contributed by atoms with Crippen molar-refractivity contribution in [3.63, 3.8) is 0 Å². The summed E-state index contributed by atoms with van der Waals surface area (Å²) < 4.78 is 18.0. The van der Waals surface area contributed by atoms with Crippen molar-refractivity contribution < 1.29 is 18.8 Å². The minimum Gasteiger partial charge on any atom is -0.493 e. The monoisotopic (exact) mass is 444 g/mol. The normalized spacial score (nSPS) is 13.0. The fourth-order valence-electron chi connectivity index (χ4n) is 4.19. The quantitative estimate of drug-likeness (QED) is 0.443. The summed E-state index contributed by atoms with van der Waals surface area (Å²) in [7, 11) is 3.16. The summed E-state index contributed by atoms with van der Waals surface area (Å²) in [5.74, 6) is 2.00. The minimum atomic E-state index is 0.0271. The number of fused-ring (bicyclic) bond motifs is 1. The largest absolute Gasteiger partial charge is 0.493 e. The summed E-state index contributed by atoms with van der Waals surface area (Å²) in [6, 6.07) is 17.2. The number of hydrogen-bond acceptors (Lipinski definition) is 6. The average Bonchev–Trinajstić information content (AvgIpc) is 3.52. The second-order valence-corrected chi connectivity index (χ2v) is 7.79. The highest BCUT2D eigenvalue weighted by molar-refractivity contribution is 5.94. The van der Waals surface area contributed by atoms with Crippen LogP contribution in [-0.4, -0.2) is 41.4 Å². The van der Waals surface area contributed by atoms with Gasteiger partial charge in [-0.1, -0.05) is 23.4 Å². The highest BCUT2D eigenvalue weighted by atomic mass is 16.5. The van der Waals surface area contributed by atoms with Crippen LogP contribution in [0.2, 0.25) is 0 Å². The van der Waals surface area contributed by atoms with Crippen LogP contribution in [0.25, 0.3) is 23.0 Å². The van der Waals surface area contributed by atoms with Crippen LogP contribution in [0.1, 0.15) is 12.0 Å². The highest BCUT2D eigenvalue weighted by Crippen LogP contribution is 2.32. The Labute approximate surface area is 191 Å². The van der Waals surface area contributed by atoms with Gasteiger partial charge in [0.25, 0.3) is 5.89 Å². The standard InChI is InChI=1S/C25H24N4O4/c1-31-21-12-11-18(15-22(21)32-2)24-26-25(33-27-24)20-10-6-13-28(20)16-23(30)29-14-5-8-17-7-3-4-9-19(17)29/h3-4,6-7,9-13,15H,5,8,14,16H2,1-2H3. The second kappa shape index (κ2) is 8.82. The Morgan fingerprint density at radius 2 is 1.91 bits per heavy atom. The van der Waals surface area contributed by atoms with Gasteiger partial charge in [-0.25, -0.2) is 0 Å². The van der Waals surface area contributed by atoms with Crippen LogP contribution in [-0.2, 0) is 17.8 Å². The lowest BCUT2D eigenvalue weighted by Crippen LogP contribution is -2.37. The zero-order valence-corrected chi connectivity index (χ0v) is 18.5. The smallest absolute Gasteiger partial charge is 0.274 e. The first-order chi connectivity index (χ1) is 16.2. The van der Waals surface area contributed by atoms with Crippen LogP contribution in [0.5, 0.6) is 11.5 Å². The number of aryl methyl sites for hydroxylation is 1. The third-order valence-electron chi connectivity index (χ3n) is 5.83. The number of methoxy groups -OCH3 is 2. The second-order valence-electron chi connectivity index (χ2n) is 7.79. The summed E-state index contributed by atoms with van der Waals surface area (Å²) >= 11 is 0. The topological polar surface area (TPSA) is 82.6 Å². The molecule has 3 heterocycles. The highest BCUT2D eigenvalue weighted by Gasteiger charge is 2.23. The van der Waals surface area contributed by atoms with Crippen LogP contribution in [0, 0.1) is 0 Å². The Bertz CT molecular complexity index is 1290. The average molecular weight is 444 g/mol. The third-order valence-corrected chi connectivity index (χ3v) is 5.83. The molecule has 0 N–H and O–H groups in total. The molecule has 0 saturated heterocycles. The fourth-order valence-corrected chi connectivity index (χ4v) is 4.19. The molecule has 0 saturated carbocycles. The maximum atomic E-state index is 13.2. The van der Waals surface area contributed by atoms with E-state index in [0.29, 0.717) is 28.9 Å². The first-order valence-electron chi connectivity index (χ1n) is 10.8. The number of aromatic nitrogens is 3. The van der Waals surface area contributed by atoms with Crippen LogP contribution in [0.4, 0.5) is 5.69 Å². The molecule has 8 nitrogen and oxygen atoms in total. The van der Waals surface area contributed by atoms with Crippen LogP contribution < -0.4 is 14.4 Å². The molecule has 2 aromatic carbocycles. The number of nitrogens with zero attached hydrogens (tertiary/aromatic N) is 4. The summed E-state index contributed by atoms with van der Waals surface area (Å²) in [5.41, 5.74) is 3.63. The molecule has 4 aromatic rings. The molecule has 8 heteroatoms.